The lowest BCUT2D eigenvalue weighted by Gasteiger charge is -2.32. The third kappa shape index (κ3) is 3.67. The second-order valence-electron chi connectivity index (χ2n) is 4.58. The Hall–Kier alpha value is -0.650. The molecule has 18 heavy (non-hydrogen) atoms. The van der Waals surface area contributed by atoms with Crippen molar-refractivity contribution in [2.24, 2.45) is 11.7 Å². The van der Waals surface area contributed by atoms with Gasteiger partial charge in [0.25, 0.3) is 5.91 Å². The molecule has 1 aliphatic rings. The van der Waals surface area contributed by atoms with Crippen LogP contribution in [0.15, 0.2) is 6.20 Å². The molecule has 1 aliphatic heterocycles. The number of nitrogens with zero attached hydrogens (tertiary/aromatic N) is 2. The van der Waals surface area contributed by atoms with Gasteiger partial charge < -0.3 is 10.6 Å². The molecule has 0 aliphatic carbocycles. The van der Waals surface area contributed by atoms with Crippen LogP contribution < -0.4 is 5.73 Å². The number of thiazole rings is 1. The number of likely N-dealkylation sites (tertiary alicyclic amines) is 1. The van der Waals surface area contributed by atoms with Crippen LogP contribution in [0.3, 0.4) is 0 Å². The standard InChI is InChI=1S/C12H19N3OS.ClH/c1-9-14-7-11(17-9)12(16)15-6-2-3-10(8-15)4-5-13;/h7,10H,2-6,8,13H2,1H3;1H. The molecule has 1 aromatic rings. The Morgan fingerprint density at radius 2 is 2.44 bits per heavy atom. The van der Waals surface area contributed by atoms with Gasteiger partial charge in [-0.1, -0.05) is 0 Å². The number of piperidine rings is 1. The summed E-state index contributed by atoms with van der Waals surface area (Å²) in [5.41, 5.74) is 5.58. The molecule has 6 heteroatoms. The highest BCUT2D eigenvalue weighted by Crippen LogP contribution is 2.22. The zero-order chi connectivity index (χ0) is 12.3. The van der Waals surface area contributed by atoms with Crippen LogP contribution in [-0.2, 0) is 0 Å². The second-order valence-corrected chi connectivity index (χ2v) is 5.82. The zero-order valence-corrected chi connectivity index (χ0v) is 12.2. The molecular weight excluding hydrogens is 270 g/mol. The normalized spacial score (nSPS) is 19.4. The van der Waals surface area contributed by atoms with Gasteiger partial charge in [0.1, 0.15) is 4.88 Å². The number of hydrogen-bond acceptors (Lipinski definition) is 4. The van der Waals surface area contributed by atoms with Crippen LogP contribution in [0.1, 0.15) is 33.9 Å². The summed E-state index contributed by atoms with van der Waals surface area (Å²) in [5, 5.41) is 0.948. The Balaban J connectivity index is 0.00000162. The summed E-state index contributed by atoms with van der Waals surface area (Å²) in [6.45, 7) is 4.37. The van der Waals surface area contributed by atoms with Crippen molar-refractivity contribution in [3.8, 4) is 0 Å². The maximum absolute atomic E-state index is 12.2. The summed E-state index contributed by atoms with van der Waals surface area (Å²) in [5.74, 6) is 0.712. The van der Waals surface area contributed by atoms with Gasteiger partial charge in [-0.05, 0) is 38.6 Å². The molecule has 0 aromatic carbocycles. The lowest BCUT2D eigenvalue weighted by molar-refractivity contribution is 0.0674. The molecule has 1 amide bonds. The van der Waals surface area contributed by atoms with Crippen molar-refractivity contribution in [3.63, 3.8) is 0 Å². The van der Waals surface area contributed by atoms with Crippen molar-refractivity contribution < 1.29 is 4.79 Å². The number of amides is 1. The summed E-state index contributed by atoms with van der Waals surface area (Å²) in [4.78, 5) is 19.1. The van der Waals surface area contributed by atoms with E-state index >= 15 is 0 Å². The Morgan fingerprint density at radius 1 is 1.67 bits per heavy atom. The number of aromatic nitrogens is 1. The zero-order valence-electron chi connectivity index (χ0n) is 10.6. The maximum Gasteiger partial charge on any atom is 0.265 e. The number of nitrogens with two attached hydrogens (primary N) is 1. The van der Waals surface area contributed by atoms with Gasteiger partial charge in [-0.25, -0.2) is 4.98 Å². The van der Waals surface area contributed by atoms with E-state index in [1.165, 1.54) is 17.8 Å². The molecule has 4 nitrogen and oxygen atoms in total. The number of aryl methyl sites for hydroxylation is 1. The fraction of sp³-hybridized carbons (Fsp3) is 0.667. The van der Waals surface area contributed by atoms with Crippen LogP contribution in [0.5, 0.6) is 0 Å². The van der Waals surface area contributed by atoms with Crippen molar-refractivity contribution in [2.75, 3.05) is 19.6 Å². The molecule has 1 fully saturated rings. The van der Waals surface area contributed by atoms with Gasteiger partial charge in [-0.3, -0.25) is 4.79 Å². The van der Waals surface area contributed by atoms with E-state index in [0.717, 1.165) is 35.8 Å². The van der Waals surface area contributed by atoms with E-state index in [0.29, 0.717) is 12.5 Å². The molecule has 2 N–H and O–H groups in total. The van der Waals surface area contributed by atoms with Crippen LogP contribution in [0.2, 0.25) is 0 Å². The molecule has 0 spiro atoms. The maximum atomic E-state index is 12.2. The smallest absolute Gasteiger partial charge is 0.265 e. The van der Waals surface area contributed by atoms with Crippen molar-refractivity contribution >= 4 is 29.7 Å². The number of halogens is 1. The molecule has 1 saturated heterocycles. The summed E-state index contributed by atoms with van der Waals surface area (Å²) in [6, 6.07) is 0. The molecule has 2 rings (SSSR count). The first kappa shape index (κ1) is 15.4. The SMILES string of the molecule is Cc1ncc(C(=O)N2CCCC(CCN)C2)s1.Cl. The Kier molecular flexibility index (Phi) is 6.05. The lowest BCUT2D eigenvalue weighted by atomic mass is 9.95. The monoisotopic (exact) mass is 289 g/mol. The minimum absolute atomic E-state index is 0. The molecule has 1 atom stereocenters. The highest BCUT2D eigenvalue weighted by Gasteiger charge is 2.24. The largest absolute Gasteiger partial charge is 0.338 e. The third-order valence-corrected chi connectivity index (χ3v) is 4.11. The average molecular weight is 290 g/mol. The van der Waals surface area contributed by atoms with Gasteiger partial charge >= 0.3 is 0 Å². The van der Waals surface area contributed by atoms with E-state index in [2.05, 4.69) is 4.98 Å². The molecule has 2 heterocycles. The first-order valence-electron chi connectivity index (χ1n) is 6.12. The summed E-state index contributed by atoms with van der Waals surface area (Å²) >= 11 is 1.48. The quantitative estimate of drug-likeness (QED) is 0.927. The molecule has 102 valence electrons. The Labute approximate surface area is 118 Å². The number of carbonyl (C=O) groups excluding carboxylic acids is 1. The minimum atomic E-state index is 0. The fourth-order valence-electron chi connectivity index (χ4n) is 2.34. The van der Waals surface area contributed by atoms with Gasteiger partial charge in [-0.15, -0.1) is 23.7 Å². The minimum Gasteiger partial charge on any atom is -0.338 e. The molecular formula is C12H20ClN3OS. The molecule has 1 aromatic heterocycles. The molecule has 1 unspecified atom stereocenters. The van der Waals surface area contributed by atoms with Gasteiger partial charge in [0, 0.05) is 13.1 Å². The van der Waals surface area contributed by atoms with Crippen LogP contribution in [0.25, 0.3) is 0 Å². The van der Waals surface area contributed by atoms with Gasteiger partial charge in [0.05, 0.1) is 11.2 Å². The van der Waals surface area contributed by atoms with E-state index in [9.17, 15) is 4.79 Å². The molecule has 0 saturated carbocycles. The van der Waals surface area contributed by atoms with Crippen LogP contribution in [-0.4, -0.2) is 35.4 Å². The molecule has 0 bridgehead atoms. The number of rotatable bonds is 3. The van der Waals surface area contributed by atoms with Crippen molar-refractivity contribution in [1.29, 1.82) is 0 Å². The van der Waals surface area contributed by atoms with Crippen LogP contribution in [0, 0.1) is 12.8 Å². The lowest BCUT2D eigenvalue weighted by Crippen LogP contribution is -2.40. The van der Waals surface area contributed by atoms with Crippen LogP contribution in [0.4, 0.5) is 0 Å². The van der Waals surface area contributed by atoms with Crippen molar-refractivity contribution in [3.05, 3.63) is 16.1 Å². The summed E-state index contributed by atoms with van der Waals surface area (Å²) in [6.07, 6.45) is 5.00. The van der Waals surface area contributed by atoms with Gasteiger partial charge in [-0.2, -0.15) is 0 Å². The predicted molar refractivity (Wildman–Crippen MR) is 76.4 cm³/mol. The molecule has 0 radical (unpaired) electrons. The first-order chi connectivity index (χ1) is 8.20. The Morgan fingerprint density at radius 3 is 3.06 bits per heavy atom. The van der Waals surface area contributed by atoms with E-state index in [-0.39, 0.29) is 18.3 Å². The average Bonchev–Trinajstić information content (AvgIpc) is 2.76. The summed E-state index contributed by atoms with van der Waals surface area (Å²) in [7, 11) is 0. The van der Waals surface area contributed by atoms with E-state index < -0.39 is 0 Å². The predicted octanol–water partition coefficient (Wildman–Crippen LogP) is 2.07. The topological polar surface area (TPSA) is 59.2 Å². The van der Waals surface area contributed by atoms with E-state index in [1.54, 1.807) is 6.20 Å². The highest BCUT2D eigenvalue weighted by molar-refractivity contribution is 7.13. The fourth-order valence-corrected chi connectivity index (χ4v) is 3.08. The van der Waals surface area contributed by atoms with E-state index in [1.807, 2.05) is 11.8 Å². The van der Waals surface area contributed by atoms with Crippen molar-refractivity contribution in [2.45, 2.75) is 26.2 Å². The van der Waals surface area contributed by atoms with Crippen molar-refractivity contribution in [1.82, 2.24) is 9.88 Å². The summed E-state index contributed by atoms with van der Waals surface area (Å²) < 4.78 is 0. The van der Waals surface area contributed by atoms with Gasteiger partial charge in [0.15, 0.2) is 0 Å². The van der Waals surface area contributed by atoms with Crippen LogP contribution >= 0.6 is 23.7 Å². The Bertz CT molecular complexity index is 394. The van der Waals surface area contributed by atoms with Gasteiger partial charge in [0.2, 0.25) is 0 Å². The number of carbonyl (C=O) groups is 1. The first-order valence-corrected chi connectivity index (χ1v) is 6.94. The number of hydrogen-bond donors (Lipinski definition) is 1. The van der Waals surface area contributed by atoms with E-state index in [4.69, 9.17) is 5.73 Å². The second kappa shape index (κ2) is 7.07. The third-order valence-electron chi connectivity index (χ3n) is 3.21. The highest BCUT2D eigenvalue weighted by atomic mass is 35.5.